The fourth-order valence-corrected chi connectivity index (χ4v) is 3.99. The Hall–Kier alpha value is -2.27. The van der Waals surface area contributed by atoms with E-state index in [9.17, 15) is 0 Å². The average Bonchev–Trinajstić information content (AvgIpc) is 3.03. The Labute approximate surface area is 139 Å². The van der Waals surface area contributed by atoms with Gasteiger partial charge in [0.15, 0.2) is 5.13 Å². The first-order valence-electron chi connectivity index (χ1n) is 7.62. The lowest BCUT2D eigenvalue weighted by Gasteiger charge is -2.28. The van der Waals surface area contributed by atoms with E-state index in [-0.39, 0.29) is 0 Å². The fourth-order valence-electron chi connectivity index (χ4n) is 2.97. The van der Waals surface area contributed by atoms with E-state index >= 15 is 0 Å². The van der Waals surface area contributed by atoms with Crippen molar-refractivity contribution in [1.82, 2.24) is 4.98 Å². The topological polar surface area (TPSA) is 34.6 Å². The van der Waals surface area contributed by atoms with Crippen molar-refractivity contribution in [2.75, 3.05) is 25.7 Å². The van der Waals surface area contributed by atoms with Gasteiger partial charge in [0.2, 0.25) is 0 Å². The molecule has 5 heteroatoms. The molecule has 1 aliphatic heterocycles. The minimum Gasteiger partial charge on any atom is -0.497 e. The van der Waals surface area contributed by atoms with Crippen LogP contribution in [0.4, 0.5) is 5.13 Å². The van der Waals surface area contributed by atoms with Gasteiger partial charge < -0.3 is 14.4 Å². The van der Waals surface area contributed by atoms with Gasteiger partial charge in [0, 0.05) is 13.1 Å². The summed E-state index contributed by atoms with van der Waals surface area (Å²) in [5, 5.41) is 1.08. The number of benzene rings is 2. The van der Waals surface area contributed by atoms with Crippen LogP contribution in [0.3, 0.4) is 0 Å². The first kappa shape index (κ1) is 14.3. The van der Waals surface area contributed by atoms with Gasteiger partial charge in [0.25, 0.3) is 0 Å². The number of aromatic nitrogens is 1. The molecule has 0 aliphatic carbocycles. The molecule has 4 nitrogen and oxygen atoms in total. The Morgan fingerprint density at radius 3 is 2.61 bits per heavy atom. The molecular weight excluding hydrogens is 308 g/mol. The quantitative estimate of drug-likeness (QED) is 0.732. The van der Waals surface area contributed by atoms with Gasteiger partial charge in [-0.2, -0.15) is 0 Å². The number of methoxy groups -OCH3 is 2. The zero-order valence-corrected chi connectivity index (χ0v) is 14.0. The molecule has 2 aromatic carbocycles. The highest BCUT2D eigenvalue weighted by Gasteiger charge is 2.20. The molecule has 0 N–H and O–H groups in total. The van der Waals surface area contributed by atoms with Crippen LogP contribution in [-0.4, -0.2) is 25.7 Å². The van der Waals surface area contributed by atoms with E-state index in [1.54, 1.807) is 25.6 Å². The van der Waals surface area contributed by atoms with Crippen molar-refractivity contribution in [2.24, 2.45) is 0 Å². The number of thiazole rings is 1. The summed E-state index contributed by atoms with van der Waals surface area (Å²) >= 11 is 1.73. The van der Waals surface area contributed by atoms with E-state index in [1.807, 2.05) is 18.2 Å². The number of ether oxygens (including phenoxy) is 2. The molecule has 1 aromatic heterocycles. The van der Waals surface area contributed by atoms with Crippen molar-refractivity contribution in [1.29, 1.82) is 0 Å². The molecule has 0 bridgehead atoms. The van der Waals surface area contributed by atoms with E-state index in [0.29, 0.717) is 0 Å². The van der Waals surface area contributed by atoms with Gasteiger partial charge in [-0.3, -0.25) is 0 Å². The molecule has 0 unspecified atom stereocenters. The maximum absolute atomic E-state index is 5.32. The Bertz CT molecular complexity index is 859. The molecule has 1 aliphatic rings. The molecule has 0 fully saturated rings. The van der Waals surface area contributed by atoms with Crippen LogP contribution in [0.25, 0.3) is 10.2 Å². The van der Waals surface area contributed by atoms with Crippen LogP contribution < -0.4 is 14.4 Å². The standard InChI is InChI=1S/C18H18N2O2S/c1-21-14-4-3-13-11-20(8-7-12(13)9-14)18-19-16-6-5-15(22-2)10-17(16)23-18/h3-6,9-10H,7-8,11H2,1-2H3. The third kappa shape index (κ3) is 2.61. The largest absolute Gasteiger partial charge is 0.497 e. The predicted molar refractivity (Wildman–Crippen MR) is 93.9 cm³/mol. The highest BCUT2D eigenvalue weighted by molar-refractivity contribution is 7.22. The number of fused-ring (bicyclic) bond motifs is 2. The van der Waals surface area contributed by atoms with E-state index < -0.39 is 0 Å². The van der Waals surface area contributed by atoms with Crippen molar-refractivity contribution in [3.8, 4) is 11.5 Å². The van der Waals surface area contributed by atoms with Crippen LogP contribution in [0, 0.1) is 0 Å². The lowest BCUT2D eigenvalue weighted by atomic mass is 10.00. The van der Waals surface area contributed by atoms with Crippen molar-refractivity contribution < 1.29 is 9.47 Å². The predicted octanol–water partition coefficient (Wildman–Crippen LogP) is 3.88. The summed E-state index contributed by atoms with van der Waals surface area (Å²) in [5.74, 6) is 1.81. The average molecular weight is 326 g/mol. The van der Waals surface area contributed by atoms with Crippen molar-refractivity contribution in [3.63, 3.8) is 0 Å². The molecule has 0 spiro atoms. The van der Waals surface area contributed by atoms with Crippen LogP contribution in [0.15, 0.2) is 36.4 Å². The summed E-state index contributed by atoms with van der Waals surface area (Å²) < 4.78 is 11.8. The molecule has 118 valence electrons. The maximum Gasteiger partial charge on any atom is 0.186 e. The smallest absolute Gasteiger partial charge is 0.186 e. The fraction of sp³-hybridized carbons (Fsp3) is 0.278. The van der Waals surface area contributed by atoms with Gasteiger partial charge in [-0.25, -0.2) is 4.98 Å². The second-order valence-electron chi connectivity index (χ2n) is 5.64. The van der Waals surface area contributed by atoms with Crippen molar-refractivity contribution in [2.45, 2.75) is 13.0 Å². The van der Waals surface area contributed by atoms with E-state index in [2.05, 4.69) is 23.1 Å². The van der Waals surface area contributed by atoms with Gasteiger partial charge in [-0.1, -0.05) is 17.4 Å². The third-order valence-corrected chi connectivity index (χ3v) is 5.36. The molecule has 3 aromatic rings. The Balaban J connectivity index is 1.63. The molecule has 23 heavy (non-hydrogen) atoms. The monoisotopic (exact) mass is 326 g/mol. The maximum atomic E-state index is 5.32. The lowest BCUT2D eigenvalue weighted by molar-refractivity contribution is 0.413. The first-order chi connectivity index (χ1) is 11.3. The third-order valence-electron chi connectivity index (χ3n) is 4.28. The molecule has 0 amide bonds. The number of anilines is 1. The Morgan fingerprint density at radius 1 is 1.00 bits per heavy atom. The number of nitrogens with zero attached hydrogens (tertiary/aromatic N) is 2. The van der Waals surface area contributed by atoms with Gasteiger partial charge in [0.1, 0.15) is 11.5 Å². The molecule has 4 rings (SSSR count). The van der Waals surface area contributed by atoms with E-state index in [1.165, 1.54) is 15.8 Å². The summed E-state index contributed by atoms with van der Waals surface area (Å²) in [4.78, 5) is 7.14. The van der Waals surface area contributed by atoms with Gasteiger partial charge in [-0.05, 0) is 47.9 Å². The minimum absolute atomic E-state index is 0.879. The molecule has 0 radical (unpaired) electrons. The highest BCUT2D eigenvalue weighted by Crippen LogP contribution is 2.34. The van der Waals surface area contributed by atoms with Crippen LogP contribution >= 0.6 is 11.3 Å². The van der Waals surface area contributed by atoms with Crippen LogP contribution in [0.1, 0.15) is 11.1 Å². The van der Waals surface area contributed by atoms with Crippen LogP contribution in [0.5, 0.6) is 11.5 Å². The second kappa shape index (κ2) is 5.74. The van der Waals surface area contributed by atoms with Crippen molar-refractivity contribution >= 4 is 26.7 Å². The number of hydrogen-bond acceptors (Lipinski definition) is 5. The zero-order chi connectivity index (χ0) is 15.8. The van der Waals surface area contributed by atoms with Gasteiger partial charge in [0.05, 0.1) is 24.4 Å². The summed E-state index contributed by atoms with van der Waals surface area (Å²) in [6, 6.07) is 12.4. The first-order valence-corrected chi connectivity index (χ1v) is 8.44. The van der Waals surface area contributed by atoms with Crippen molar-refractivity contribution in [3.05, 3.63) is 47.5 Å². The summed E-state index contributed by atoms with van der Waals surface area (Å²) in [7, 11) is 3.41. The zero-order valence-electron chi connectivity index (χ0n) is 13.2. The molecular formula is C18H18N2O2S. The molecule has 0 atom stereocenters. The minimum atomic E-state index is 0.879. The SMILES string of the molecule is COc1ccc2c(c1)CCN(c1nc3ccc(OC)cc3s1)C2. The van der Waals surface area contributed by atoms with Crippen LogP contribution in [-0.2, 0) is 13.0 Å². The van der Waals surface area contributed by atoms with Gasteiger partial charge >= 0.3 is 0 Å². The van der Waals surface area contributed by atoms with E-state index in [4.69, 9.17) is 14.5 Å². The summed E-state index contributed by atoms with van der Waals surface area (Å²) in [5.41, 5.74) is 3.77. The number of hydrogen-bond donors (Lipinski definition) is 0. The van der Waals surface area contributed by atoms with Gasteiger partial charge in [-0.15, -0.1) is 0 Å². The molecule has 0 saturated heterocycles. The normalized spacial score (nSPS) is 13.9. The Kier molecular flexibility index (Phi) is 3.58. The summed E-state index contributed by atoms with van der Waals surface area (Å²) in [6.07, 6.45) is 1.02. The molecule has 0 saturated carbocycles. The molecule has 2 heterocycles. The number of rotatable bonds is 3. The second-order valence-corrected chi connectivity index (χ2v) is 6.65. The highest BCUT2D eigenvalue weighted by atomic mass is 32.1. The summed E-state index contributed by atoms with van der Waals surface area (Å²) in [6.45, 7) is 1.88. The van der Waals surface area contributed by atoms with E-state index in [0.717, 1.165) is 41.7 Å². The Morgan fingerprint density at radius 2 is 1.78 bits per heavy atom. The lowest BCUT2D eigenvalue weighted by Crippen LogP contribution is -2.30. The van der Waals surface area contributed by atoms with Crippen LogP contribution in [0.2, 0.25) is 0 Å².